The number of aliphatic hydroxyl groups is 1. The maximum absolute atomic E-state index is 14.2. The lowest BCUT2D eigenvalue weighted by Gasteiger charge is -2.32. The van der Waals surface area contributed by atoms with Gasteiger partial charge in [0, 0.05) is 12.5 Å². The molecular weight excluding hydrogens is 302 g/mol. The second-order valence-electron chi connectivity index (χ2n) is 6.71. The monoisotopic (exact) mass is 322 g/mol. The number of carbonyl (C=O) groups is 1. The number of hydrogen-bond donors (Lipinski definition) is 1. The van der Waals surface area contributed by atoms with Crippen LogP contribution < -0.4 is 0 Å². The Morgan fingerprint density at radius 2 is 1.74 bits per heavy atom. The van der Waals surface area contributed by atoms with Gasteiger partial charge in [-0.1, -0.05) is 25.8 Å². The summed E-state index contributed by atoms with van der Waals surface area (Å²) in [6, 6.07) is 3.45. The summed E-state index contributed by atoms with van der Waals surface area (Å²) >= 11 is 0. The van der Waals surface area contributed by atoms with Crippen LogP contribution in [0.3, 0.4) is 0 Å². The molecule has 1 fully saturated rings. The number of cyclic esters (lactones) is 1. The quantitative estimate of drug-likeness (QED) is 0.842. The van der Waals surface area contributed by atoms with Gasteiger partial charge in [-0.25, -0.2) is 13.6 Å². The Balaban J connectivity index is 2.15. The van der Waals surface area contributed by atoms with E-state index in [0.29, 0.717) is 11.5 Å². The fourth-order valence-corrected chi connectivity index (χ4v) is 3.73. The van der Waals surface area contributed by atoms with Crippen molar-refractivity contribution in [2.24, 2.45) is 11.8 Å². The van der Waals surface area contributed by atoms with Crippen LogP contribution in [0.4, 0.5) is 8.78 Å². The van der Waals surface area contributed by atoms with E-state index in [-0.39, 0.29) is 11.5 Å². The Bertz CT molecular complexity index is 651. The van der Waals surface area contributed by atoms with E-state index in [9.17, 15) is 18.7 Å². The van der Waals surface area contributed by atoms with E-state index in [1.807, 2.05) is 0 Å². The third-order valence-electron chi connectivity index (χ3n) is 4.90. The number of hydrogen-bond acceptors (Lipinski definition) is 3. The van der Waals surface area contributed by atoms with Crippen LogP contribution in [0, 0.1) is 23.5 Å². The van der Waals surface area contributed by atoms with Crippen molar-refractivity contribution < 1.29 is 23.4 Å². The SMILES string of the molecule is CC1CCC(C2=C(c3c(F)cccc3F)C(=O)OC2(C)O)CC1. The minimum absolute atomic E-state index is 0.110. The van der Waals surface area contributed by atoms with Gasteiger partial charge in [0.15, 0.2) is 0 Å². The van der Waals surface area contributed by atoms with Crippen LogP contribution in [0.25, 0.3) is 5.57 Å². The van der Waals surface area contributed by atoms with Crippen molar-refractivity contribution in [3.8, 4) is 0 Å². The number of carbonyl (C=O) groups excluding carboxylic acids is 1. The average molecular weight is 322 g/mol. The van der Waals surface area contributed by atoms with Crippen LogP contribution >= 0.6 is 0 Å². The van der Waals surface area contributed by atoms with Gasteiger partial charge < -0.3 is 9.84 Å². The van der Waals surface area contributed by atoms with Gasteiger partial charge in [-0.2, -0.15) is 0 Å². The zero-order valence-corrected chi connectivity index (χ0v) is 13.2. The highest BCUT2D eigenvalue weighted by molar-refractivity contribution is 6.20. The normalized spacial score (nSPS) is 31.4. The summed E-state index contributed by atoms with van der Waals surface area (Å²) in [5.41, 5.74) is -0.229. The van der Waals surface area contributed by atoms with Crippen LogP contribution in [0.5, 0.6) is 0 Å². The van der Waals surface area contributed by atoms with Crippen molar-refractivity contribution in [2.45, 2.75) is 45.3 Å². The van der Waals surface area contributed by atoms with Gasteiger partial charge in [-0.05, 0) is 36.8 Å². The van der Waals surface area contributed by atoms with E-state index < -0.39 is 29.0 Å². The van der Waals surface area contributed by atoms with Gasteiger partial charge in [-0.15, -0.1) is 0 Å². The molecule has 0 saturated heterocycles. The summed E-state index contributed by atoms with van der Waals surface area (Å²) in [5, 5.41) is 10.5. The number of ether oxygens (including phenoxy) is 1. The molecule has 1 aromatic rings. The largest absolute Gasteiger partial charge is 0.426 e. The van der Waals surface area contributed by atoms with Crippen molar-refractivity contribution >= 4 is 11.5 Å². The number of esters is 1. The zero-order valence-electron chi connectivity index (χ0n) is 13.2. The lowest BCUT2D eigenvalue weighted by Crippen LogP contribution is -2.32. The third kappa shape index (κ3) is 2.78. The third-order valence-corrected chi connectivity index (χ3v) is 4.90. The van der Waals surface area contributed by atoms with E-state index >= 15 is 0 Å². The van der Waals surface area contributed by atoms with Crippen molar-refractivity contribution in [3.63, 3.8) is 0 Å². The average Bonchev–Trinajstić information content (AvgIpc) is 2.69. The molecule has 2 aliphatic rings. The Labute approximate surface area is 134 Å². The molecule has 1 atom stereocenters. The molecule has 1 aromatic carbocycles. The van der Waals surface area contributed by atoms with Gasteiger partial charge in [0.05, 0.1) is 11.1 Å². The zero-order chi connectivity index (χ0) is 16.8. The first-order valence-electron chi connectivity index (χ1n) is 7.96. The molecule has 1 aliphatic carbocycles. The molecule has 0 amide bonds. The molecule has 3 nitrogen and oxygen atoms in total. The standard InChI is InChI=1S/C18H20F2O3/c1-10-6-8-11(9-7-10)16-15(17(21)23-18(16,2)22)14-12(19)4-3-5-13(14)20/h3-5,10-11,22H,6-9H2,1-2H3. The summed E-state index contributed by atoms with van der Waals surface area (Å²) in [5.74, 6) is -3.86. The van der Waals surface area contributed by atoms with Crippen LogP contribution in [0.15, 0.2) is 23.8 Å². The van der Waals surface area contributed by atoms with Gasteiger partial charge in [0.25, 0.3) is 0 Å². The summed E-state index contributed by atoms with van der Waals surface area (Å²) < 4.78 is 33.4. The van der Waals surface area contributed by atoms with Gasteiger partial charge in [0.1, 0.15) is 11.6 Å². The van der Waals surface area contributed by atoms with Crippen molar-refractivity contribution in [3.05, 3.63) is 41.0 Å². The molecule has 0 bridgehead atoms. The molecular formula is C18H20F2O3. The second kappa shape index (κ2) is 5.71. The summed E-state index contributed by atoms with van der Waals surface area (Å²) in [6.07, 6.45) is 3.43. The predicted octanol–water partition coefficient (Wildman–Crippen LogP) is 3.81. The molecule has 0 aromatic heterocycles. The smallest absolute Gasteiger partial charge is 0.341 e. The fourth-order valence-electron chi connectivity index (χ4n) is 3.73. The Morgan fingerprint density at radius 1 is 1.17 bits per heavy atom. The molecule has 1 N–H and O–H groups in total. The first-order chi connectivity index (χ1) is 10.8. The minimum atomic E-state index is -1.81. The highest BCUT2D eigenvalue weighted by atomic mass is 19.1. The molecule has 23 heavy (non-hydrogen) atoms. The first kappa shape index (κ1) is 16.1. The molecule has 124 valence electrons. The Kier molecular flexibility index (Phi) is 4.00. The minimum Gasteiger partial charge on any atom is -0.426 e. The molecule has 1 heterocycles. The van der Waals surface area contributed by atoms with Crippen LogP contribution in [0.1, 0.15) is 45.1 Å². The van der Waals surface area contributed by atoms with E-state index in [1.165, 1.54) is 13.0 Å². The van der Waals surface area contributed by atoms with Gasteiger partial charge >= 0.3 is 5.97 Å². The maximum atomic E-state index is 14.2. The predicted molar refractivity (Wildman–Crippen MR) is 81.1 cm³/mol. The van der Waals surface area contributed by atoms with Crippen molar-refractivity contribution in [2.75, 3.05) is 0 Å². The number of halogens is 2. The molecule has 5 heteroatoms. The maximum Gasteiger partial charge on any atom is 0.341 e. The van der Waals surface area contributed by atoms with Gasteiger partial charge in [0.2, 0.25) is 5.79 Å². The highest BCUT2D eigenvalue weighted by Gasteiger charge is 2.47. The summed E-state index contributed by atoms with van der Waals surface area (Å²) in [6.45, 7) is 3.51. The topological polar surface area (TPSA) is 46.5 Å². The van der Waals surface area contributed by atoms with Crippen LogP contribution in [-0.2, 0) is 9.53 Å². The van der Waals surface area contributed by atoms with Crippen molar-refractivity contribution in [1.82, 2.24) is 0 Å². The highest BCUT2D eigenvalue weighted by Crippen LogP contribution is 2.46. The van der Waals surface area contributed by atoms with E-state index in [0.717, 1.165) is 37.8 Å². The molecule has 0 spiro atoms. The first-order valence-corrected chi connectivity index (χ1v) is 7.96. The molecule has 1 aliphatic heterocycles. The molecule has 1 saturated carbocycles. The lowest BCUT2D eigenvalue weighted by molar-refractivity contribution is -0.176. The Hall–Kier alpha value is -1.75. The molecule has 0 radical (unpaired) electrons. The number of benzene rings is 1. The van der Waals surface area contributed by atoms with Crippen LogP contribution in [0.2, 0.25) is 0 Å². The fraction of sp³-hybridized carbons (Fsp3) is 0.500. The van der Waals surface area contributed by atoms with Crippen LogP contribution in [-0.4, -0.2) is 16.9 Å². The van der Waals surface area contributed by atoms with E-state index in [4.69, 9.17) is 4.74 Å². The van der Waals surface area contributed by atoms with E-state index in [2.05, 4.69) is 6.92 Å². The van der Waals surface area contributed by atoms with E-state index in [1.54, 1.807) is 0 Å². The Morgan fingerprint density at radius 3 is 2.30 bits per heavy atom. The summed E-state index contributed by atoms with van der Waals surface area (Å²) in [4.78, 5) is 12.2. The lowest BCUT2D eigenvalue weighted by atomic mass is 9.75. The number of rotatable bonds is 2. The molecule has 3 rings (SSSR count). The summed E-state index contributed by atoms with van der Waals surface area (Å²) in [7, 11) is 0. The van der Waals surface area contributed by atoms with Crippen molar-refractivity contribution in [1.29, 1.82) is 0 Å². The molecule has 1 unspecified atom stereocenters. The van der Waals surface area contributed by atoms with Gasteiger partial charge in [-0.3, -0.25) is 0 Å². The second-order valence-corrected chi connectivity index (χ2v) is 6.71.